The number of carbonyl (C=O) groups is 1. The molecule has 188 valence electrons. The lowest BCUT2D eigenvalue weighted by molar-refractivity contribution is 0.0971. The second-order valence-electron chi connectivity index (χ2n) is 9.17. The van der Waals surface area contributed by atoms with E-state index in [0.29, 0.717) is 28.6 Å². The molecule has 6 rings (SSSR count). The molecule has 5 nitrogen and oxygen atoms in total. The monoisotopic (exact) mass is 525 g/mol. The van der Waals surface area contributed by atoms with Gasteiger partial charge in [-0.2, -0.15) is 0 Å². The SMILES string of the molecule is Cc1ccc(N2C(=O)c3oc4ccc(F)cc4c(=O)c3C2c2cccc(OCc3ccccc3)c2)cc1Cl. The molecule has 7 heteroatoms. The van der Waals surface area contributed by atoms with Crippen molar-refractivity contribution in [1.29, 1.82) is 0 Å². The average molecular weight is 526 g/mol. The number of ether oxygens (including phenoxy) is 1. The lowest BCUT2D eigenvalue weighted by atomic mass is 9.98. The highest BCUT2D eigenvalue weighted by molar-refractivity contribution is 6.31. The maximum atomic E-state index is 14.1. The topological polar surface area (TPSA) is 59.8 Å². The highest BCUT2D eigenvalue weighted by Crippen LogP contribution is 2.42. The molecule has 1 aliphatic heterocycles. The van der Waals surface area contributed by atoms with Crippen LogP contribution in [-0.4, -0.2) is 5.91 Å². The smallest absolute Gasteiger partial charge is 0.295 e. The lowest BCUT2D eigenvalue weighted by Crippen LogP contribution is -2.29. The first-order valence-electron chi connectivity index (χ1n) is 12.0. The van der Waals surface area contributed by atoms with Crippen molar-refractivity contribution in [2.24, 2.45) is 0 Å². The summed E-state index contributed by atoms with van der Waals surface area (Å²) < 4.78 is 26.0. The van der Waals surface area contributed by atoms with Gasteiger partial charge in [0.05, 0.1) is 17.0 Å². The first-order valence-corrected chi connectivity index (χ1v) is 12.4. The number of hydrogen-bond donors (Lipinski definition) is 0. The van der Waals surface area contributed by atoms with Crippen LogP contribution in [0.4, 0.5) is 10.1 Å². The van der Waals surface area contributed by atoms with Crippen molar-refractivity contribution < 1.29 is 18.3 Å². The summed E-state index contributed by atoms with van der Waals surface area (Å²) in [4.78, 5) is 29.0. The van der Waals surface area contributed by atoms with Crippen LogP contribution in [-0.2, 0) is 6.61 Å². The third-order valence-corrected chi connectivity index (χ3v) is 7.10. The number of anilines is 1. The van der Waals surface area contributed by atoms with Gasteiger partial charge < -0.3 is 9.15 Å². The third kappa shape index (κ3) is 4.13. The number of halogens is 2. The minimum absolute atomic E-state index is 0.0711. The molecule has 1 aliphatic rings. The Bertz CT molecular complexity index is 1770. The molecule has 4 aromatic carbocycles. The van der Waals surface area contributed by atoms with Gasteiger partial charge in [-0.05, 0) is 66.1 Å². The van der Waals surface area contributed by atoms with Gasteiger partial charge in [-0.15, -0.1) is 0 Å². The summed E-state index contributed by atoms with van der Waals surface area (Å²) in [5.74, 6) is -0.551. The molecular formula is C31H21ClFNO4. The van der Waals surface area contributed by atoms with Crippen LogP contribution in [0.2, 0.25) is 5.02 Å². The maximum Gasteiger partial charge on any atom is 0.295 e. The highest BCUT2D eigenvalue weighted by Gasteiger charge is 2.44. The number of carbonyl (C=O) groups excluding carboxylic acids is 1. The zero-order valence-electron chi connectivity index (χ0n) is 20.3. The Kier molecular flexibility index (Phi) is 5.97. The first kappa shape index (κ1) is 23.9. The molecule has 2 heterocycles. The molecule has 0 saturated heterocycles. The van der Waals surface area contributed by atoms with E-state index >= 15 is 0 Å². The van der Waals surface area contributed by atoms with Gasteiger partial charge in [-0.1, -0.05) is 60.1 Å². The van der Waals surface area contributed by atoms with Crippen LogP contribution in [0.15, 0.2) is 100 Å². The largest absolute Gasteiger partial charge is 0.489 e. The van der Waals surface area contributed by atoms with Crippen LogP contribution >= 0.6 is 11.6 Å². The quantitative estimate of drug-likeness (QED) is 0.243. The predicted octanol–water partition coefficient (Wildman–Crippen LogP) is 7.22. The maximum absolute atomic E-state index is 14.1. The van der Waals surface area contributed by atoms with Crippen LogP contribution in [0.1, 0.15) is 38.9 Å². The van der Waals surface area contributed by atoms with Crippen LogP contribution < -0.4 is 15.1 Å². The second kappa shape index (κ2) is 9.47. The molecule has 1 amide bonds. The van der Waals surface area contributed by atoms with Crippen LogP contribution in [0, 0.1) is 12.7 Å². The van der Waals surface area contributed by atoms with Gasteiger partial charge in [0.25, 0.3) is 5.91 Å². The molecule has 0 fully saturated rings. The van der Waals surface area contributed by atoms with E-state index in [2.05, 4.69) is 0 Å². The number of hydrogen-bond acceptors (Lipinski definition) is 4. The molecule has 5 aromatic rings. The number of aryl methyl sites for hydroxylation is 1. The normalized spacial score (nSPS) is 14.7. The Morgan fingerprint density at radius 2 is 1.76 bits per heavy atom. The van der Waals surface area contributed by atoms with Gasteiger partial charge in [-0.25, -0.2) is 4.39 Å². The van der Waals surface area contributed by atoms with Gasteiger partial charge >= 0.3 is 0 Å². The van der Waals surface area contributed by atoms with Crippen LogP contribution in [0.3, 0.4) is 0 Å². The zero-order valence-corrected chi connectivity index (χ0v) is 21.0. The third-order valence-electron chi connectivity index (χ3n) is 6.69. The zero-order chi connectivity index (χ0) is 26.4. The average Bonchev–Trinajstić information content (AvgIpc) is 3.22. The highest BCUT2D eigenvalue weighted by atomic mass is 35.5. The number of nitrogens with zero attached hydrogens (tertiary/aromatic N) is 1. The molecule has 0 N–H and O–H groups in total. The summed E-state index contributed by atoms with van der Waals surface area (Å²) in [6, 6.07) is 25.1. The van der Waals surface area contributed by atoms with Gasteiger partial charge in [0, 0.05) is 10.7 Å². The van der Waals surface area contributed by atoms with E-state index in [1.165, 1.54) is 17.0 Å². The predicted molar refractivity (Wildman–Crippen MR) is 144 cm³/mol. The number of rotatable bonds is 5. The summed E-state index contributed by atoms with van der Waals surface area (Å²) in [6.45, 7) is 2.22. The van der Waals surface area contributed by atoms with Crippen molar-refractivity contribution in [3.05, 3.63) is 140 Å². The molecule has 38 heavy (non-hydrogen) atoms. The van der Waals surface area contributed by atoms with E-state index in [1.807, 2.05) is 55.5 Å². The van der Waals surface area contributed by atoms with Crippen molar-refractivity contribution in [3.63, 3.8) is 0 Å². The Morgan fingerprint density at radius 3 is 2.55 bits per heavy atom. The Balaban J connectivity index is 1.51. The van der Waals surface area contributed by atoms with E-state index in [1.54, 1.807) is 24.3 Å². The van der Waals surface area contributed by atoms with E-state index in [0.717, 1.165) is 17.2 Å². The van der Waals surface area contributed by atoms with Crippen molar-refractivity contribution in [2.45, 2.75) is 19.6 Å². The molecule has 1 atom stereocenters. The van der Waals surface area contributed by atoms with Crippen molar-refractivity contribution >= 4 is 34.2 Å². The molecule has 1 unspecified atom stereocenters. The van der Waals surface area contributed by atoms with Gasteiger partial charge in [0.1, 0.15) is 23.8 Å². The molecule has 1 aromatic heterocycles. The van der Waals surface area contributed by atoms with Crippen LogP contribution in [0.5, 0.6) is 5.75 Å². The molecular weight excluding hydrogens is 505 g/mol. The van der Waals surface area contributed by atoms with E-state index in [-0.39, 0.29) is 22.3 Å². The summed E-state index contributed by atoms with van der Waals surface area (Å²) in [7, 11) is 0. The fraction of sp³-hybridized carbons (Fsp3) is 0.0968. The summed E-state index contributed by atoms with van der Waals surface area (Å²) >= 11 is 6.42. The molecule has 0 aliphatic carbocycles. The second-order valence-corrected chi connectivity index (χ2v) is 9.58. The van der Waals surface area contributed by atoms with Gasteiger partial charge in [-0.3, -0.25) is 14.5 Å². The summed E-state index contributed by atoms with van der Waals surface area (Å²) in [5.41, 5.74) is 2.83. The number of fused-ring (bicyclic) bond motifs is 2. The Hall–Kier alpha value is -4.42. The molecule has 0 bridgehead atoms. The Morgan fingerprint density at radius 1 is 0.947 bits per heavy atom. The van der Waals surface area contributed by atoms with Gasteiger partial charge in [0.2, 0.25) is 5.76 Å². The fourth-order valence-corrected chi connectivity index (χ4v) is 4.95. The molecule has 0 radical (unpaired) electrons. The number of amides is 1. The minimum Gasteiger partial charge on any atom is -0.489 e. The van der Waals surface area contributed by atoms with E-state index in [4.69, 9.17) is 20.8 Å². The molecule has 0 saturated carbocycles. The minimum atomic E-state index is -0.833. The van der Waals surface area contributed by atoms with Crippen molar-refractivity contribution in [2.75, 3.05) is 4.90 Å². The first-order chi connectivity index (χ1) is 18.4. The Labute approximate surface area is 222 Å². The van der Waals surface area contributed by atoms with E-state index in [9.17, 15) is 14.0 Å². The van der Waals surface area contributed by atoms with E-state index < -0.39 is 23.2 Å². The summed E-state index contributed by atoms with van der Waals surface area (Å²) in [6.07, 6.45) is 0. The molecule has 0 spiro atoms. The van der Waals surface area contributed by atoms with Crippen molar-refractivity contribution in [3.8, 4) is 5.75 Å². The van der Waals surface area contributed by atoms with Gasteiger partial charge in [0.15, 0.2) is 5.43 Å². The number of benzene rings is 4. The summed E-state index contributed by atoms with van der Waals surface area (Å²) in [5, 5.41) is 0.554. The lowest BCUT2D eigenvalue weighted by Gasteiger charge is -2.26. The van der Waals surface area contributed by atoms with Crippen LogP contribution in [0.25, 0.3) is 11.0 Å². The van der Waals surface area contributed by atoms with Crippen molar-refractivity contribution in [1.82, 2.24) is 0 Å². The fourth-order valence-electron chi connectivity index (χ4n) is 4.77. The standard InChI is InChI=1S/C31H21ClFNO4/c1-18-10-12-22(16-25(18)32)34-28(20-8-5-9-23(14-20)37-17-19-6-3-2-4-7-19)27-29(35)24-15-21(33)11-13-26(24)38-30(27)31(34)36/h2-16,28H,17H2,1H3.